The predicted molar refractivity (Wildman–Crippen MR) is 304 cm³/mol. The third-order valence-corrected chi connectivity index (χ3v) is 13.7. The number of rotatable bonds is 16. The summed E-state index contributed by atoms with van der Waals surface area (Å²) in [4.78, 5) is 14.0. The fourth-order valence-corrected chi connectivity index (χ4v) is 9.97. The number of nitrogens with zero attached hydrogens (tertiary/aromatic N) is 3. The van der Waals surface area contributed by atoms with Gasteiger partial charge < -0.3 is 0 Å². The van der Waals surface area contributed by atoms with Crippen LogP contribution in [0.25, 0.3) is 56.0 Å². The molecule has 0 atom stereocenters. The van der Waals surface area contributed by atoms with Gasteiger partial charge in [0.1, 0.15) is 0 Å². The average Bonchev–Trinajstić information content (AvgIpc) is 3.42. The largest absolute Gasteiger partial charge is 0.256 e. The molecule has 0 saturated carbocycles. The van der Waals surface area contributed by atoms with Crippen LogP contribution >= 0.6 is 0 Å². The number of aromatic nitrogens is 3. The number of aryl methyl sites for hydroxylation is 2. The van der Waals surface area contributed by atoms with Gasteiger partial charge in [-0.3, -0.25) is 15.0 Å². The maximum atomic E-state index is 9.80. The van der Waals surface area contributed by atoms with E-state index in [1.165, 1.54) is 5.56 Å². The van der Waals surface area contributed by atoms with Gasteiger partial charge in [0.2, 0.25) is 0 Å². The first kappa shape index (κ1) is 43.5. The molecule has 0 unspecified atom stereocenters. The Bertz CT molecular complexity index is 3370. The Morgan fingerprint density at radius 1 is 0.403 bits per heavy atom. The summed E-state index contributed by atoms with van der Waals surface area (Å²) in [7, 11) is 0. The highest BCUT2D eigenvalue weighted by Crippen LogP contribution is 2.37. The van der Waals surface area contributed by atoms with Gasteiger partial charge in [-0.05, 0) is 157 Å². The van der Waals surface area contributed by atoms with Crippen molar-refractivity contribution in [2.45, 2.75) is 111 Å². The standard InChI is InChI=1S/C69H71N3/c1-48(2)63-47-72-66(43-62(63)59-19-15-18-58(42-59)57-17-14-16-51(41-57)44-67(3,4)5)56-26-24-49(25-27-56)22-23-50-38-52(45-68(6,7)60-32-28-54(29-33-60)64-20-10-12-36-70-64)40-53(39-50)46-69(8,9)61-34-30-55(31-35-61)65-21-11-13-37-71-65/h10-21,24-43,47-48H,22-23,44-46H2,1-9H3/i22D2,23D2,48D. The zero-order valence-corrected chi connectivity index (χ0v) is 43.5. The fraction of sp³-hybridized carbons (Fsp3) is 0.261. The highest BCUT2D eigenvalue weighted by Gasteiger charge is 2.25. The van der Waals surface area contributed by atoms with E-state index in [0.29, 0.717) is 24.1 Å². The van der Waals surface area contributed by atoms with Crippen LogP contribution < -0.4 is 0 Å². The second kappa shape index (κ2) is 21.2. The first-order chi connectivity index (χ1) is 36.4. The highest BCUT2D eigenvalue weighted by molar-refractivity contribution is 5.78. The predicted octanol–water partition coefficient (Wildman–Crippen LogP) is 17.7. The molecule has 0 amide bonds. The zero-order valence-electron chi connectivity index (χ0n) is 48.5. The van der Waals surface area contributed by atoms with E-state index in [-0.39, 0.29) is 21.8 Å². The molecule has 0 bridgehead atoms. The quantitative estimate of drug-likeness (QED) is 0.0969. The van der Waals surface area contributed by atoms with Crippen molar-refractivity contribution in [3.63, 3.8) is 0 Å². The van der Waals surface area contributed by atoms with Crippen molar-refractivity contribution in [1.29, 1.82) is 0 Å². The van der Waals surface area contributed by atoms with Crippen LogP contribution in [0.1, 0.15) is 120 Å². The first-order valence-electron chi connectivity index (χ1n) is 27.8. The van der Waals surface area contributed by atoms with Gasteiger partial charge in [0.15, 0.2) is 0 Å². The van der Waals surface area contributed by atoms with Gasteiger partial charge >= 0.3 is 0 Å². The lowest BCUT2D eigenvalue weighted by Crippen LogP contribution is -2.22. The maximum absolute atomic E-state index is 9.80. The van der Waals surface area contributed by atoms with E-state index in [1.807, 2.05) is 80.6 Å². The molecule has 362 valence electrons. The summed E-state index contributed by atoms with van der Waals surface area (Å²) < 4.78 is 48.1. The van der Waals surface area contributed by atoms with Gasteiger partial charge in [0.05, 0.1) is 17.1 Å². The van der Waals surface area contributed by atoms with Gasteiger partial charge in [0, 0.05) is 42.1 Å². The van der Waals surface area contributed by atoms with Gasteiger partial charge in [-0.1, -0.05) is 208 Å². The molecule has 9 rings (SSSR count). The van der Waals surface area contributed by atoms with Gasteiger partial charge in [0.25, 0.3) is 0 Å². The molecule has 0 aliphatic heterocycles. The lowest BCUT2D eigenvalue weighted by Gasteiger charge is -2.28. The Balaban J connectivity index is 1.04. The van der Waals surface area contributed by atoms with Crippen LogP contribution in [0.2, 0.25) is 0 Å². The molecule has 9 aromatic rings. The summed E-state index contributed by atoms with van der Waals surface area (Å²) in [6, 6.07) is 61.1. The molecule has 0 radical (unpaired) electrons. The molecule has 0 aliphatic rings. The highest BCUT2D eigenvalue weighted by atomic mass is 14.7. The van der Waals surface area contributed by atoms with E-state index in [1.54, 1.807) is 30.7 Å². The van der Waals surface area contributed by atoms with Crippen molar-refractivity contribution >= 4 is 0 Å². The van der Waals surface area contributed by atoms with Crippen LogP contribution in [0.15, 0.2) is 201 Å². The van der Waals surface area contributed by atoms with Crippen LogP contribution in [0.3, 0.4) is 0 Å². The molecule has 3 aromatic heterocycles. The Labute approximate surface area is 437 Å². The summed E-state index contributed by atoms with van der Waals surface area (Å²) in [6.07, 6.45) is 2.70. The molecule has 0 saturated heterocycles. The molecule has 3 heterocycles. The summed E-state index contributed by atoms with van der Waals surface area (Å²) in [5.41, 5.74) is 15.7. The number of benzene rings is 6. The lowest BCUT2D eigenvalue weighted by atomic mass is 9.76. The van der Waals surface area contributed by atoms with Gasteiger partial charge in [-0.2, -0.15) is 0 Å². The molecule has 72 heavy (non-hydrogen) atoms. The van der Waals surface area contributed by atoms with Gasteiger partial charge in [-0.25, -0.2) is 0 Å². The topological polar surface area (TPSA) is 38.7 Å². The third kappa shape index (κ3) is 12.3. The summed E-state index contributed by atoms with van der Waals surface area (Å²) in [5.74, 6) is -0.935. The van der Waals surface area contributed by atoms with Crippen molar-refractivity contribution in [1.82, 2.24) is 15.0 Å². The molecule has 0 spiro atoms. The van der Waals surface area contributed by atoms with Crippen molar-refractivity contribution < 1.29 is 6.85 Å². The molecule has 0 fully saturated rings. The zero-order chi connectivity index (χ0) is 55.0. The molecule has 0 aliphatic carbocycles. The molecular formula is C69H71N3. The molecule has 3 nitrogen and oxygen atoms in total. The van der Waals surface area contributed by atoms with E-state index in [4.69, 9.17) is 6.35 Å². The van der Waals surface area contributed by atoms with E-state index in [0.717, 1.165) is 84.6 Å². The lowest BCUT2D eigenvalue weighted by molar-refractivity contribution is 0.411. The van der Waals surface area contributed by atoms with E-state index in [9.17, 15) is 5.48 Å². The summed E-state index contributed by atoms with van der Waals surface area (Å²) in [6.45, 7) is 19.4. The van der Waals surface area contributed by atoms with E-state index in [2.05, 4.69) is 162 Å². The minimum Gasteiger partial charge on any atom is -0.256 e. The Kier molecular flexibility index (Phi) is 12.8. The Morgan fingerprint density at radius 3 is 1.42 bits per heavy atom. The average molecular weight is 947 g/mol. The van der Waals surface area contributed by atoms with Crippen LogP contribution in [0.4, 0.5) is 0 Å². The Morgan fingerprint density at radius 2 is 0.889 bits per heavy atom. The van der Waals surface area contributed by atoms with Crippen molar-refractivity contribution in [2.75, 3.05) is 0 Å². The number of pyridine rings is 3. The molecule has 3 heteroatoms. The Hall–Kier alpha value is -7.23. The molecule has 0 N–H and O–H groups in total. The van der Waals surface area contributed by atoms with Crippen LogP contribution in [0.5, 0.6) is 0 Å². The number of hydrogen-bond acceptors (Lipinski definition) is 3. The van der Waals surface area contributed by atoms with Gasteiger partial charge in [-0.15, -0.1) is 0 Å². The van der Waals surface area contributed by atoms with E-state index >= 15 is 0 Å². The summed E-state index contributed by atoms with van der Waals surface area (Å²) >= 11 is 0. The second-order valence-electron chi connectivity index (χ2n) is 22.2. The third-order valence-electron chi connectivity index (χ3n) is 13.7. The fourth-order valence-electron chi connectivity index (χ4n) is 9.97. The van der Waals surface area contributed by atoms with Crippen LogP contribution in [0, 0.1) is 5.41 Å². The number of hydrogen-bond donors (Lipinski definition) is 0. The van der Waals surface area contributed by atoms with E-state index < -0.39 is 18.6 Å². The molecule has 6 aromatic carbocycles. The van der Waals surface area contributed by atoms with Crippen LogP contribution in [-0.4, -0.2) is 15.0 Å². The van der Waals surface area contributed by atoms with Crippen LogP contribution in [-0.2, 0) is 42.8 Å². The SMILES string of the molecule is [2H]C(C)(C)c1cnc(-c2ccc(C([2H])([2H])C([2H])([2H])c3cc(CC(C)(C)c4ccc(-c5ccccn5)cc4)cc(CC(C)(C)c4ccc(-c5ccccn5)cc4)c3)cc2)cc1-c1cccc(-c2cccc(CC(C)(C)C)c2)c1. The first-order valence-corrected chi connectivity index (χ1v) is 25.3. The van der Waals surface area contributed by atoms with Crippen molar-refractivity contribution in [3.05, 3.63) is 245 Å². The minimum absolute atomic E-state index is 0.161. The summed E-state index contributed by atoms with van der Waals surface area (Å²) in [5, 5.41) is 0. The monoisotopic (exact) mass is 947 g/mol. The second-order valence-corrected chi connectivity index (χ2v) is 22.2. The van der Waals surface area contributed by atoms with Crippen molar-refractivity contribution in [2.24, 2.45) is 5.41 Å². The molecular weight excluding hydrogens is 871 g/mol. The minimum atomic E-state index is -2.44. The van der Waals surface area contributed by atoms with Crippen molar-refractivity contribution in [3.8, 4) is 56.0 Å². The maximum Gasteiger partial charge on any atom is 0.0708 e. The normalized spacial score (nSPS) is 13.7. The smallest absolute Gasteiger partial charge is 0.0708 e.